The van der Waals surface area contributed by atoms with E-state index in [-0.39, 0.29) is 11.3 Å². The second-order valence-corrected chi connectivity index (χ2v) is 10.0. The van der Waals surface area contributed by atoms with E-state index in [1.54, 1.807) is 42.5 Å². The van der Waals surface area contributed by atoms with Crippen LogP contribution in [-0.2, 0) is 21.4 Å². The number of fused-ring (bicyclic) bond motifs is 1. The number of carbonyl (C=O) groups is 1. The van der Waals surface area contributed by atoms with Gasteiger partial charge in [0.05, 0.1) is 47.5 Å². The zero-order chi connectivity index (χ0) is 32.7. The summed E-state index contributed by atoms with van der Waals surface area (Å²) < 4.78 is 4.88. The summed E-state index contributed by atoms with van der Waals surface area (Å²) in [5, 5.41) is 28.2. The molecule has 44 heavy (non-hydrogen) atoms. The van der Waals surface area contributed by atoms with Gasteiger partial charge in [-0.1, -0.05) is 102 Å². The number of benzene rings is 4. The van der Waals surface area contributed by atoms with E-state index in [1.165, 1.54) is 13.2 Å². The van der Waals surface area contributed by atoms with Crippen molar-refractivity contribution in [3.63, 3.8) is 0 Å². The maximum absolute atomic E-state index is 12.4. The summed E-state index contributed by atoms with van der Waals surface area (Å²) in [6.07, 6.45) is 0.515. The lowest BCUT2D eigenvalue weighted by molar-refractivity contribution is -0.136. The van der Waals surface area contributed by atoms with Crippen LogP contribution in [0.3, 0.4) is 0 Å². The number of halogens is 5. The number of carbonyl (C=O) groups excluding carboxylic acids is 1. The third-order valence-corrected chi connectivity index (χ3v) is 7.06. The first-order valence-corrected chi connectivity index (χ1v) is 19.9. The molecule has 1 aliphatic carbocycles. The Morgan fingerprint density at radius 3 is 1.95 bits per heavy atom. The van der Waals surface area contributed by atoms with Crippen molar-refractivity contribution in [3.05, 3.63) is 146 Å². The number of methoxy groups -OCH3 is 1. The minimum absolute atomic E-state index is 0.131. The Morgan fingerprint density at radius 2 is 1.43 bits per heavy atom. The highest BCUT2D eigenvalue weighted by Gasteiger charge is 2.50. The van der Waals surface area contributed by atoms with Crippen molar-refractivity contribution in [2.75, 3.05) is 7.11 Å². The van der Waals surface area contributed by atoms with Crippen molar-refractivity contribution in [2.45, 2.75) is 11.8 Å². The zero-order valence-electron chi connectivity index (χ0n) is 23.1. The number of rotatable bonds is 3. The van der Waals surface area contributed by atoms with Crippen LogP contribution in [0.4, 0.5) is 0 Å². The van der Waals surface area contributed by atoms with Crippen LogP contribution >= 0.6 is 72.0 Å². The summed E-state index contributed by atoms with van der Waals surface area (Å²) in [5.41, 5.74) is 8.61. The third-order valence-electron chi connectivity index (χ3n) is 6.26. The summed E-state index contributed by atoms with van der Waals surface area (Å²) in [6, 6.07) is 34.9. The molecule has 1 aliphatic rings. The van der Waals surface area contributed by atoms with Gasteiger partial charge in [-0.3, -0.25) is 0 Å². The fourth-order valence-corrected chi connectivity index (χ4v) is 4.85. The van der Waals surface area contributed by atoms with Gasteiger partial charge in [0, 0.05) is 52.8 Å². The van der Waals surface area contributed by atoms with Crippen molar-refractivity contribution in [2.24, 2.45) is 5.73 Å². The smallest absolute Gasteiger partial charge is 0.338 e. The maximum Gasteiger partial charge on any atom is 0.338 e. The van der Waals surface area contributed by atoms with Crippen LogP contribution < -0.4 is 5.73 Å². The molecule has 0 fully saturated rings. The molecule has 2 N–H and O–H groups in total. The highest BCUT2D eigenvalue weighted by Crippen LogP contribution is 2.49. The molecule has 0 saturated heterocycles. The van der Waals surface area contributed by atoms with Crippen LogP contribution in [0.1, 0.15) is 27.8 Å². The molecule has 11 heteroatoms. The molecule has 0 amide bonds. The van der Waals surface area contributed by atoms with Gasteiger partial charge >= 0.3 is 5.97 Å². The minimum Gasteiger partial charge on any atom is -0.466 e. The summed E-state index contributed by atoms with van der Waals surface area (Å²) in [4.78, 5) is 12.4. The number of ether oxygens (including phenoxy) is 1. The first-order valence-electron chi connectivity index (χ1n) is 12.5. The van der Waals surface area contributed by atoms with E-state index in [2.05, 4.69) is 49.4 Å². The van der Waals surface area contributed by atoms with Crippen LogP contribution in [0.25, 0.3) is 5.70 Å². The molecule has 1 atom stereocenters. The van der Waals surface area contributed by atoms with Gasteiger partial charge in [-0.05, 0) is 47.0 Å². The number of nitrogens with zero attached hydrogens (tertiary/aromatic N) is 3. The van der Waals surface area contributed by atoms with Crippen LogP contribution in [0.15, 0.2) is 103 Å². The monoisotopic (exact) mass is 866 g/mol. The van der Waals surface area contributed by atoms with E-state index in [1.807, 2.05) is 54.6 Å². The molecule has 1 unspecified atom stereocenters. The Bertz CT molecular complexity index is 1750. The van der Waals surface area contributed by atoms with Crippen LogP contribution in [0.2, 0.25) is 15.1 Å². The first kappa shape index (κ1) is 36.9. The van der Waals surface area contributed by atoms with E-state index in [4.69, 9.17) is 55.8 Å². The second-order valence-electron chi connectivity index (χ2n) is 8.75. The molecule has 0 bridgehead atoms. The minimum atomic E-state index is -1.31. The standard InChI is InChI=1S/C18H13ClN2O2.C8H7N.C7H3Cl2N.I2/c1-23-17(22)15-16(21)13-9-12(19)7-8-14(13)18(15,10-20)11-5-3-2-4-6-11;9-7-6-8-4-2-1-3-5-8;8-6-1-2-7(9)5(3-6)4-10;1-2/h2-9H,21H2,1H3;1-5H,6H2;1-3H;. The molecule has 4 aromatic rings. The number of nitrogens with two attached hydrogens (primary N) is 1. The predicted octanol–water partition coefficient (Wildman–Crippen LogP) is 9.40. The van der Waals surface area contributed by atoms with Crippen molar-refractivity contribution < 1.29 is 9.53 Å². The van der Waals surface area contributed by atoms with Crippen molar-refractivity contribution >= 4 is 83.7 Å². The molecule has 0 heterocycles. The average molecular weight is 868 g/mol. The van der Waals surface area contributed by atoms with E-state index in [0.717, 1.165) is 5.56 Å². The van der Waals surface area contributed by atoms with E-state index in [9.17, 15) is 10.1 Å². The highest BCUT2D eigenvalue weighted by molar-refractivity contribution is 15.0. The fraction of sp³-hybridized carbons (Fsp3) is 0.0909. The van der Waals surface area contributed by atoms with Gasteiger partial charge in [0.25, 0.3) is 0 Å². The lowest BCUT2D eigenvalue weighted by Crippen LogP contribution is -2.31. The Kier molecular flexibility index (Phi) is 15.5. The molecule has 0 radical (unpaired) electrons. The van der Waals surface area contributed by atoms with Gasteiger partial charge in [0.15, 0.2) is 0 Å². The molecule has 222 valence electrons. The van der Waals surface area contributed by atoms with Crippen LogP contribution in [0, 0.1) is 34.0 Å². The van der Waals surface area contributed by atoms with E-state index >= 15 is 0 Å². The Labute approximate surface area is 294 Å². The molecular formula is C33H23Cl3I2N4O2. The lowest BCUT2D eigenvalue weighted by Gasteiger charge is -2.25. The molecular weight excluding hydrogens is 845 g/mol. The van der Waals surface area contributed by atoms with Crippen molar-refractivity contribution in [1.29, 1.82) is 15.8 Å². The number of hydrogen-bond acceptors (Lipinski definition) is 6. The van der Waals surface area contributed by atoms with Crippen molar-refractivity contribution in [1.82, 2.24) is 0 Å². The molecule has 6 nitrogen and oxygen atoms in total. The Balaban J connectivity index is 0.000000265. The van der Waals surface area contributed by atoms with E-state index < -0.39 is 11.4 Å². The predicted molar refractivity (Wildman–Crippen MR) is 192 cm³/mol. The quantitative estimate of drug-likeness (QED) is 0.162. The van der Waals surface area contributed by atoms with Crippen molar-refractivity contribution in [3.8, 4) is 18.2 Å². The van der Waals surface area contributed by atoms with Gasteiger partial charge < -0.3 is 10.5 Å². The van der Waals surface area contributed by atoms with E-state index in [0.29, 0.717) is 43.7 Å². The lowest BCUT2D eigenvalue weighted by atomic mass is 9.73. The van der Waals surface area contributed by atoms with Gasteiger partial charge in [-0.2, -0.15) is 15.8 Å². The molecule has 4 aromatic carbocycles. The Morgan fingerprint density at radius 1 is 0.864 bits per heavy atom. The molecule has 5 rings (SSSR count). The van der Waals surface area contributed by atoms with Crippen LogP contribution in [0.5, 0.6) is 0 Å². The SMILES string of the molecule is COC(=O)C1=C(N)c2cc(Cl)ccc2C1(C#N)c1ccccc1.II.N#CCc1ccccc1.N#Cc1cc(Cl)ccc1Cl. The number of hydrogen-bond donors (Lipinski definition) is 1. The Hall–Kier alpha value is -3.31. The fourth-order valence-electron chi connectivity index (χ4n) is 4.34. The molecule has 0 spiro atoms. The topological polar surface area (TPSA) is 124 Å². The maximum atomic E-state index is 12.4. The highest BCUT2D eigenvalue weighted by atomic mass is 128. The normalized spacial score (nSPS) is 13.9. The summed E-state index contributed by atoms with van der Waals surface area (Å²) in [6.45, 7) is 0. The van der Waals surface area contributed by atoms with Gasteiger partial charge in [-0.25, -0.2) is 4.79 Å². The summed E-state index contributed by atoms with van der Waals surface area (Å²) >= 11 is 21.5. The van der Waals surface area contributed by atoms with Gasteiger partial charge in [0.2, 0.25) is 0 Å². The first-order chi connectivity index (χ1) is 21.2. The third kappa shape index (κ3) is 8.88. The summed E-state index contributed by atoms with van der Waals surface area (Å²) in [7, 11) is 1.27. The molecule has 0 saturated carbocycles. The van der Waals surface area contributed by atoms with Gasteiger partial charge in [-0.15, -0.1) is 0 Å². The summed E-state index contributed by atoms with van der Waals surface area (Å²) in [5.74, 6) is -0.625. The molecule has 0 aromatic heterocycles. The zero-order valence-corrected chi connectivity index (χ0v) is 29.7. The van der Waals surface area contributed by atoms with Crippen LogP contribution in [-0.4, -0.2) is 13.1 Å². The number of nitriles is 3. The molecule has 0 aliphatic heterocycles. The second kappa shape index (κ2) is 18.5. The average Bonchev–Trinajstić information content (AvgIpc) is 3.32. The number of esters is 1. The van der Waals surface area contributed by atoms with Gasteiger partial charge in [0.1, 0.15) is 11.5 Å². The largest absolute Gasteiger partial charge is 0.466 e.